The Bertz CT molecular complexity index is 148. The minimum atomic E-state index is 0.862. The largest absolute Gasteiger partial charge is 0.271 e. The second-order valence-corrected chi connectivity index (χ2v) is 2.82. The quantitative estimate of drug-likeness (QED) is 0.483. The fraction of sp³-hybridized carbons (Fsp3) is 0.333. The number of hydrogen-bond donors (Lipinski definition) is 2. The van der Waals surface area contributed by atoms with Gasteiger partial charge in [0, 0.05) is 11.4 Å². The van der Waals surface area contributed by atoms with Gasteiger partial charge in [0.05, 0.1) is 0 Å². The maximum atomic E-state index is 5.10. The van der Waals surface area contributed by atoms with Crippen LogP contribution in [0.3, 0.4) is 0 Å². The summed E-state index contributed by atoms with van der Waals surface area (Å²) in [5.74, 6) is 5.10. The molecule has 9 heavy (non-hydrogen) atoms. The molecule has 3 N–H and O–H groups in total. The first-order chi connectivity index (χ1) is 4.43. The summed E-state index contributed by atoms with van der Waals surface area (Å²) in [6.45, 7) is 0.862. The lowest BCUT2D eigenvalue weighted by Gasteiger charge is -1.92. The van der Waals surface area contributed by atoms with Crippen molar-refractivity contribution in [3.05, 3.63) is 22.4 Å². The number of hydrogen-bond acceptors (Lipinski definition) is 3. The van der Waals surface area contributed by atoms with Crippen LogP contribution in [-0.4, -0.2) is 6.54 Å². The third-order valence-corrected chi connectivity index (χ3v) is 2.03. The molecule has 0 bridgehead atoms. The fourth-order valence-electron chi connectivity index (χ4n) is 0.650. The number of hydrazine groups is 1. The molecule has 0 radical (unpaired) electrons. The van der Waals surface area contributed by atoms with Crippen LogP contribution in [-0.2, 0) is 6.42 Å². The number of nitrogens with one attached hydrogen (secondary N) is 1. The molecule has 0 spiro atoms. The van der Waals surface area contributed by atoms with Crippen molar-refractivity contribution in [2.24, 2.45) is 5.84 Å². The van der Waals surface area contributed by atoms with Crippen molar-refractivity contribution in [2.75, 3.05) is 6.54 Å². The minimum absolute atomic E-state index is 0.862. The van der Waals surface area contributed by atoms with Gasteiger partial charge in [0.2, 0.25) is 0 Å². The molecule has 1 rings (SSSR count). The van der Waals surface area contributed by atoms with E-state index in [1.807, 2.05) is 0 Å². The van der Waals surface area contributed by atoms with Gasteiger partial charge in [0.15, 0.2) is 0 Å². The summed E-state index contributed by atoms with van der Waals surface area (Å²) in [4.78, 5) is 1.38. The third-order valence-electron chi connectivity index (χ3n) is 1.10. The first-order valence-electron chi connectivity index (χ1n) is 2.89. The summed E-state index contributed by atoms with van der Waals surface area (Å²) in [6, 6.07) is 4.17. The molecule has 0 saturated heterocycles. The molecule has 1 aromatic heterocycles. The molecule has 0 saturated carbocycles. The van der Waals surface area contributed by atoms with Crippen molar-refractivity contribution in [1.29, 1.82) is 0 Å². The van der Waals surface area contributed by atoms with Crippen LogP contribution in [0.25, 0.3) is 0 Å². The molecule has 0 aliphatic carbocycles. The highest BCUT2D eigenvalue weighted by Gasteiger charge is 1.89. The van der Waals surface area contributed by atoms with Gasteiger partial charge in [0.1, 0.15) is 0 Å². The number of thiophene rings is 1. The highest BCUT2D eigenvalue weighted by atomic mass is 32.1. The monoisotopic (exact) mass is 142 g/mol. The average molecular weight is 142 g/mol. The molecule has 0 aromatic carbocycles. The predicted molar refractivity (Wildman–Crippen MR) is 40.2 cm³/mol. The summed E-state index contributed by atoms with van der Waals surface area (Å²) in [6.07, 6.45) is 1.04. The summed E-state index contributed by atoms with van der Waals surface area (Å²) >= 11 is 1.77. The van der Waals surface area contributed by atoms with E-state index in [0.717, 1.165) is 13.0 Å². The van der Waals surface area contributed by atoms with E-state index in [4.69, 9.17) is 5.84 Å². The maximum absolute atomic E-state index is 5.10. The van der Waals surface area contributed by atoms with Crippen LogP contribution in [0.2, 0.25) is 0 Å². The second kappa shape index (κ2) is 3.61. The van der Waals surface area contributed by atoms with Crippen molar-refractivity contribution >= 4 is 11.3 Å². The van der Waals surface area contributed by atoms with Crippen molar-refractivity contribution in [3.8, 4) is 0 Å². The van der Waals surface area contributed by atoms with Crippen LogP contribution >= 0.6 is 11.3 Å². The average Bonchev–Trinajstić information content (AvgIpc) is 2.34. The summed E-state index contributed by atoms with van der Waals surface area (Å²) in [7, 11) is 0. The molecule has 0 aliphatic heterocycles. The lowest BCUT2D eigenvalue weighted by molar-refractivity contribution is 0.733. The Morgan fingerprint density at radius 2 is 2.56 bits per heavy atom. The van der Waals surface area contributed by atoms with Crippen molar-refractivity contribution in [3.63, 3.8) is 0 Å². The van der Waals surface area contributed by atoms with Gasteiger partial charge in [-0.2, -0.15) is 0 Å². The SMILES string of the molecule is NNCCc1cccs1. The van der Waals surface area contributed by atoms with E-state index in [0.29, 0.717) is 0 Å². The Hall–Kier alpha value is -0.380. The van der Waals surface area contributed by atoms with Crippen LogP contribution in [0.1, 0.15) is 4.88 Å². The standard InChI is InChI=1S/C6H10N2S/c7-8-4-3-6-2-1-5-9-6/h1-2,5,8H,3-4,7H2. The Kier molecular flexibility index (Phi) is 2.70. The van der Waals surface area contributed by atoms with E-state index in [1.54, 1.807) is 11.3 Å². The molecule has 3 heteroatoms. The first kappa shape index (κ1) is 6.74. The van der Waals surface area contributed by atoms with E-state index in [9.17, 15) is 0 Å². The molecule has 0 fully saturated rings. The van der Waals surface area contributed by atoms with Crippen LogP contribution < -0.4 is 11.3 Å². The number of rotatable bonds is 3. The molecular weight excluding hydrogens is 132 g/mol. The highest BCUT2D eigenvalue weighted by Crippen LogP contribution is 2.07. The van der Waals surface area contributed by atoms with Gasteiger partial charge in [-0.1, -0.05) is 6.07 Å². The van der Waals surface area contributed by atoms with E-state index in [1.165, 1.54) is 4.88 Å². The topological polar surface area (TPSA) is 38.0 Å². The molecule has 2 nitrogen and oxygen atoms in total. The van der Waals surface area contributed by atoms with Gasteiger partial charge >= 0.3 is 0 Å². The van der Waals surface area contributed by atoms with Crippen LogP contribution in [0, 0.1) is 0 Å². The van der Waals surface area contributed by atoms with Crippen LogP contribution in [0.5, 0.6) is 0 Å². The Labute approximate surface area is 58.7 Å². The lowest BCUT2D eigenvalue weighted by Crippen LogP contribution is -2.24. The van der Waals surface area contributed by atoms with E-state index < -0.39 is 0 Å². The van der Waals surface area contributed by atoms with Crippen molar-refractivity contribution < 1.29 is 0 Å². The Morgan fingerprint density at radius 3 is 3.11 bits per heavy atom. The Balaban J connectivity index is 2.30. The zero-order chi connectivity index (χ0) is 6.53. The van der Waals surface area contributed by atoms with Gasteiger partial charge in [-0.05, 0) is 17.9 Å². The zero-order valence-corrected chi connectivity index (χ0v) is 5.95. The second-order valence-electron chi connectivity index (χ2n) is 1.78. The van der Waals surface area contributed by atoms with Crippen molar-refractivity contribution in [2.45, 2.75) is 6.42 Å². The van der Waals surface area contributed by atoms with Gasteiger partial charge in [-0.25, -0.2) is 0 Å². The first-order valence-corrected chi connectivity index (χ1v) is 3.77. The Morgan fingerprint density at radius 1 is 1.67 bits per heavy atom. The minimum Gasteiger partial charge on any atom is -0.271 e. The van der Waals surface area contributed by atoms with E-state index >= 15 is 0 Å². The van der Waals surface area contributed by atoms with Gasteiger partial charge in [-0.3, -0.25) is 11.3 Å². The van der Waals surface area contributed by atoms with Gasteiger partial charge in [-0.15, -0.1) is 11.3 Å². The molecule has 1 aromatic rings. The van der Waals surface area contributed by atoms with E-state index in [2.05, 4.69) is 22.9 Å². The smallest absolute Gasteiger partial charge is 0.0146 e. The zero-order valence-electron chi connectivity index (χ0n) is 5.13. The molecule has 0 unspecified atom stereocenters. The van der Waals surface area contributed by atoms with Gasteiger partial charge < -0.3 is 0 Å². The lowest BCUT2D eigenvalue weighted by atomic mass is 10.3. The molecule has 0 atom stereocenters. The summed E-state index contributed by atoms with van der Waals surface area (Å²) in [5.41, 5.74) is 2.61. The van der Waals surface area contributed by atoms with E-state index in [-0.39, 0.29) is 0 Å². The van der Waals surface area contributed by atoms with Gasteiger partial charge in [0.25, 0.3) is 0 Å². The summed E-state index contributed by atoms with van der Waals surface area (Å²) in [5, 5.41) is 2.08. The maximum Gasteiger partial charge on any atom is 0.0146 e. The molecule has 0 amide bonds. The molecular formula is C6H10N2S. The predicted octanol–water partition coefficient (Wildman–Crippen LogP) is 0.754. The third kappa shape index (κ3) is 2.13. The number of nitrogens with two attached hydrogens (primary N) is 1. The highest BCUT2D eigenvalue weighted by molar-refractivity contribution is 7.09. The summed E-state index contributed by atoms with van der Waals surface area (Å²) < 4.78 is 0. The molecule has 1 heterocycles. The van der Waals surface area contributed by atoms with Crippen LogP contribution in [0.15, 0.2) is 17.5 Å². The van der Waals surface area contributed by atoms with Crippen LogP contribution in [0.4, 0.5) is 0 Å². The van der Waals surface area contributed by atoms with Crippen molar-refractivity contribution in [1.82, 2.24) is 5.43 Å². The fourth-order valence-corrected chi connectivity index (χ4v) is 1.36. The molecule has 0 aliphatic rings. The molecule has 50 valence electrons. The normalized spacial score (nSPS) is 9.89.